The molecule has 2 rings (SSSR count). The highest BCUT2D eigenvalue weighted by Gasteiger charge is 2.22. The van der Waals surface area contributed by atoms with Crippen molar-refractivity contribution in [2.45, 2.75) is 39.3 Å². The van der Waals surface area contributed by atoms with Gasteiger partial charge in [-0.3, -0.25) is 4.79 Å². The van der Waals surface area contributed by atoms with Crippen LogP contribution < -0.4 is 15.4 Å². The summed E-state index contributed by atoms with van der Waals surface area (Å²) in [5, 5.41) is 6.18. The Morgan fingerprint density at radius 3 is 2.58 bits per heavy atom. The highest BCUT2D eigenvalue weighted by atomic mass is 16.5. The summed E-state index contributed by atoms with van der Waals surface area (Å²) in [6.07, 6.45) is 2.18. The van der Waals surface area contributed by atoms with E-state index in [1.54, 1.807) is 0 Å². The Hall–Kier alpha value is -2.24. The molecule has 1 saturated carbocycles. The molecule has 0 spiro atoms. The third kappa shape index (κ3) is 6.10. The standard InChI is InChI=1S/C18H28N4O2/c1-4-19-18(20-12-17(23)21-15-8-9-15)22(3)13-14-6-10-16(11-7-14)24-5-2/h6-7,10-11,15H,4-5,8-9,12-13H2,1-3H3,(H,19,20)(H,21,23). The number of rotatable bonds is 8. The summed E-state index contributed by atoms with van der Waals surface area (Å²) < 4.78 is 5.46. The Kier molecular flexibility index (Phi) is 6.90. The lowest BCUT2D eigenvalue weighted by atomic mass is 10.2. The fourth-order valence-electron chi connectivity index (χ4n) is 2.32. The lowest BCUT2D eigenvalue weighted by molar-refractivity contribution is -0.119. The van der Waals surface area contributed by atoms with Gasteiger partial charge in [-0.1, -0.05) is 12.1 Å². The molecule has 0 unspecified atom stereocenters. The van der Waals surface area contributed by atoms with Gasteiger partial charge in [-0.2, -0.15) is 0 Å². The summed E-state index contributed by atoms with van der Waals surface area (Å²) >= 11 is 0. The second kappa shape index (κ2) is 9.15. The molecule has 6 nitrogen and oxygen atoms in total. The lowest BCUT2D eigenvalue weighted by Crippen LogP contribution is -2.39. The van der Waals surface area contributed by atoms with Gasteiger partial charge in [0.1, 0.15) is 12.3 Å². The first-order valence-electron chi connectivity index (χ1n) is 8.63. The lowest BCUT2D eigenvalue weighted by Gasteiger charge is -2.22. The van der Waals surface area contributed by atoms with Gasteiger partial charge in [0.15, 0.2) is 5.96 Å². The third-order valence-corrected chi connectivity index (χ3v) is 3.67. The Balaban J connectivity index is 1.91. The van der Waals surface area contributed by atoms with Gasteiger partial charge in [0.2, 0.25) is 5.91 Å². The number of carbonyl (C=O) groups excluding carboxylic acids is 1. The summed E-state index contributed by atoms with van der Waals surface area (Å²) in [5.41, 5.74) is 1.16. The smallest absolute Gasteiger partial charge is 0.242 e. The molecule has 0 heterocycles. The molecule has 0 bridgehead atoms. The van der Waals surface area contributed by atoms with Crippen molar-refractivity contribution in [2.24, 2.45) is 4.99 Å². The Morgan fingerprint density at radius 2 is 2.00 bits per heavy atom. The van der Waals surface area contributed by atoms with E-state index in [1.165, 1.54) is 0 Å². The van der Waals surface area contributed by atoms with Gasteiger partial charge < -0.3 is 20.3 Å². The molecule has 1 aliphatic carbocycles. The number of aliphatic imine (C=N–C) groups is 1. The zero-order valence-electron chi connectivity index (χ0n) is 14.8. The van der Waals surface area contributed by atoms with E-state index >= 15 is 0 Å². The number of nitrogens with zero attached hydrogens (tertiary/aromatic N) is 2. The minimum Gasteiger partial charge on any atom is -0.494 e. The normalized spacial score (nSPS) is 14.2. The molecule has 0 aliphatic heterocycles. The minimum absolute atomic E-state index is 0.0117. The molecule has 0 saturated heterocycles. The Bertz CT molecular complexity index is 553. The number of hydrogen-bond donors (Lipinski definition) is 2. The molecule has 1 amide bonds. The number of amides is 1. The first kappa shape index (κ1) is 18.1. The van der Waals surface area contributed by atoms with Crippen LogP contribution in [-0.2, 0) is 11.3 Å². The zero-order valence-corrected chi connectivity index (χ0v) is 14.8. The first-order valence-corrected chi connectivity index (χ1v) is 8.63. The average molecular weight is 332 g/mol. The van der Waals surface area contributed by atoms with Gasteiger partial charge >= 0.3 is 0 Å². The monoisotopic (exact) mass is 332 g/mol. The van der Waals surface area contributed by atoms with E-state index in [9.17, 15) is 4.79 Å². The Morgan fingerprint density at radius 1 is 1.29 bits per heavy atom. The fraction of sp³-hybridized carbons (Fsp3) is 0.556. The minimum atomic E-state index is -0.0117. The molecule has 1 fully saturated rings. The first-order chi connectivity index (χ1) is 11.6. The van der Waals surface area contributed by atoms with Crippen LogP contribution in [0.4, 0.5) is 0 Å². The fourth-order valence-corrected chi connectivity index (χ4v) is 2.32. The van der Waals surface area contributed by atoms with Crippen LogP contribution in [0.15, 0.2) is 29.3 Å². The highest BCUT2D eigenvalue weighted by Crippen LogP contribution is 2.18. The summed E-state index contributed by atoms with van der Waals surface area (Å²) in [7, 11) is 1.97. The van der Waals surface area contributed by atoms with E-state index < -0.39 is 0 Å². The quantitative estimate of drug-likeness (QED) is 0.562. The van der Waals surface area contributed by atoms with E-state index in [1.807, 2.05) is 50.1 Å². The summed E-state index contributed by atoms with van der Waals surface area (Å²) in [6.45, 7) is 6.29. The number of carbonyl (C=O) groups is 1. The van der Waals surface area contributed by atoms with Gasteiger partial charge in [0.25, 0.3) is 0 Å². The number of ether oxygens (including phenoxy) is 1. The van der Waals surface area contributed by atoms with E-state index in [0.29, 0.717) is 19.2 Å². The molecule has 0 atom stereocenters. The van der Waals surface area contributed by atoms with Crippen molar-refractivity contribution in [2.75, 3.05) is 26.7 Å². The second-order valence-corrected chi connectivity index (χ2v) is 5.94. The summed E-state index contributed by atoms with van der Waals surface area (Å²) in [6, 6.07) is 8.41. The molecule has 24 heavy (non-hydrogen) atoms. The highest BCUT2D eigenvalue weighted by molar-refractivity contribution is 5.85. The number of nitrogens with one attached hydrogen (secondary N) is 2. The molecule has 0 radical (unpaired) electrons. The molecule has 6 heteroatoms. The van der Waals surface area contributed by atoms with Gasteiger partial charge in [0.05, 0.1) is 6.61 Å². The number of benzene rings is 1. The molecule has 132 valence electrons. The van der Waals surface area contributed by atoms with E-state index in [0.717, 1.165) is 36.7 Å². The van der Waals surface area contributed by atoms with Crippen LogP contribution in [-0.4, -0.2) is 49.6 Å². The van der Waals surface area contributed by atoms with Crippen LogP contribution in [0.3, 0.4) is 0 Å². The van der Waals surface area contributed by atoms with Crippen LogP contribution >= 0.6 is 0 Å². The van der Waals surface area contributed by atoms with Crippen LogP contribution in [0.2, 0.25) is 0 Å². The zero-order chi connectivity index (χ0) is 17.4. The van der Waals surface area contributed by atoms with Crippen molar-refractivity contribution < 1.29 is 9.53 Å². The van der Waals surface area contributed by atoms with Gasteiger partial charge in [0, 0.05) is 26.2 Å². The molecule has 1 aliphatic rings. The molecule has 1 aromatic rings. The van der Waals surface area contributed by atoms with Crippen molar-refractivity contribution >= 4 is 11.9 Å². The maximum Gasteiger partial charge on any atom is 0.242 e. The maximum absolute atomic E-state index is 11.8. The van der Waals surface area contributed by atoms with Crippen LogP contribution in [0.5, 0.6) is 5.75 Å². The van der Waals surface area contributed by atoms with Crippen LogP contribution in [0.25, 0.3) is 0 Å². The van der Waals surface area contributed by atoms with E-state index in [-0.39, 0.29) is 12.5 Å². The SMILES string of the molecule is CCNC(=NCC(=O)NC1CC1)N(C)Cc1ccc(OCC)cc1. The average Bonchev–Trinajstić information content (AvgIpc) is 3.37. The number of hydrogen-bond acceptors (Lipinski definition) is 3. The third-order valence-electron chi connectivity index (χ3n) is 3.67. The largest absolute Gasteiger partial charge is 0.494 e. The van der Waals surface area contributed by atoms with Crippen molar-refractivity contribution in [3.05, 3.63) is 29.8 Å². The predicted molar refractivity (Wildman–Crippen MR) is 96.2 cm³/mol. The maximum atomic E-state index is 11.8. The Labute approximate surface area is 144 Å². The molecular weight excluding hydrogens is 304 g/mol. The summed E-state index contributed by atoms with van der Waals surface area (Å²) in [4.78, 5) is 18.3. The van der Waals surface area contributed by atoms with Crippen LogP contribution in [0.1, 0.15) is 32.3 Å². The van der Waals surface area contributed by atoms with Crippen molar-refractivity contribution in [1.29, 1.82) is 0 Å². The van der Waals surface area contributed by atoms with E-state index in [2.05, 4.69) is 15.6 Å². The van der Waals surface area contributed by atoms with Crippen molar-refractivity contribution in [3.8, 4) is 5.75 Å². The topological polar surface area (TPSA) is 66.0 Å². The molecular formula is C18H28N4O2. The second-order valence-electron chi connectivity index (χ2n) is 5.94. The predicted octanol–water partition coefficient (Wildman–Crippen LogP) is 1.76. The van der Waals surface area contributed by atoms with Gasteiger partial charge in [-0.15, -0.1) is 0 Å². The molecule has 0 aromatic heterocycles. The van der Waals surface area contributed by atoms with E-state index in [4.69, 9.17) is 4.74 Å². The molecule has 1 aromatic carbocycles. The summed E-state index contributed by atoms with van der Waals surface area (Å²) in [5.74, 6) is 1.60. The van der Waals surface area contributed by atoms with Gasteiger partial charge in [-0.25, -0.2) is 4.99 Å². The number of guanidine groups is 1. The van der Waals surface area contributed by atoms with Crippen molar-refractivity contribution in [1.82, 2.24) is 15.5 Å². The van der Waals surface area contributed by atoms with Gasteiger partial charge in [-0.05, 0) is 44.4 Å². The molecule has 2 N–H and O–H groups in total. The van der Waals surface area contributed by atoms with Crippen LogP contribution in [0, 0.1) is 0 Å². The van der Waals surface area contributed by atoms with Crippen molar-refractivity contribution in [3.63, 3.8) is 0 Å².